The van der Waals surface area contributed by atoms with Gasteiger partial charge in [0.15, 0.2) is 6.23 Å². The minimum absolute atomic E-state index is 0.0937. The summed E-state index contributed by atoms with van der Waals surface area (Å²) in [5.74, 6) is 0.160. The van der Waals surface area contributed by atoms with Gasteiger partial charge in [0.1, 0.15) is 34.8 Å². The maximum Gasteiger partial charge on any atom is 0.330 e. The number of aliphatic carboxylic acids is 1. The molecule has 4 atom stereocenters. The number of aryl methyl sites for hydroxylation is 1. The second-order valence-corrected chi connectivity index (χ2v) is 12.7. The van der Waals surface area contributed by atoms with Crippen LogP contribution >= 0.6 is 0 Å². The third-order valence-corrected chi connectivity index (χ3v) is 9.92. The van der Waals surface area contributed by atoms with Crippen molar-refractivity contribution in [3.05, 3.63) is 147 Å². The summed E-state index contributed by atoms with van der Waals surface area (Å²) in [5, 5.41) is 10.3. The number of methoxy groups -OCH3 is 2. The monoisotopic (exact) mass is 691 g/mol. The van der Waals surface area contributed by atoms with E-state index in [0.29, 0.717) is 22.9 Å². The lowest BCUT2D eigenvalue weighted by Crippen LogP contribution is -2.51. The molecular formula is C38H37N5O8. The maximum atomic E-state index is 13.3. The summed E-state index contributed by atoms with van der Waals surface area (Å²) in [5.41, 5.74) is -0.990. The van der Waals surface area contributed by atoms with Crippen LogP contribution in [0.2, 0.25) is 0 Å². The number of ether oxygens (including phenoxy) is 4. The van der Waals surface area contributed by atoms with E-state index in [1.807, 2.05) is 83.8 Å². The molecule has 0 saturated carbocycles. The second kappa shape index (κ2) is 13.5. The predicted molar refractivity (Wildman–Crippen MR) is 186 cm³/mol. The molecule has 3 aromatic carbocycles. The zero-order chi connectivity index (χ0) is 35.8. The molecule has 2 saturated heterocycles. The van der Waals surface area contributed by atoms with E-state index in [4.69, 9.17) is 18.9 Å². The number of rotatable bonds is 12. The molecule has 0 amide bonds. The van der Waals surface area contributed by atoms with Crippen molar-refractivity contribution < 1.29 is 28.8 Å². The molecule has 2 N–H and O–H groups in total. The van der Waals surface area contributed by atoms with Crippen LogP contribution < -0.4 is 25.6 Å². The number of benzene rings is 3. The lowest BCUT2D eigenvalue weighted by atomic mass is 9.79. The van der Waals surface area contributed by atoms with Crippen molar-refractivity contribution in [2.45, 2.75) is 36.8 Å². The lowest BCUT2D eigenvalue weighted by molar-refractivity contribution is -0.156. The van der Waals surface area contributed by atoms with Crippen molar-refractivity contribution in [3.63, 3.8) is 0 Å². The smallest absolute Gasteiger partial charge is 0.330 e. The van der Waals surface area contributed by atoms with Crippen LogP contribution in [-0.2, 0) is 19.9 Å². The highest BCUT2D eigenvalue weighted by atomic mass is 16.6. The third kappa shape index (κ3) is 5.93. The van der Waals surface area contributed by atoms with Gasteiger partial charge in [0.05, 0.1) is 39.8 Å². The molecule has 4 heterocycles. The molecular weight excluding hydrogens is 654 g/mol. The Morgan fingerprint density at radius 2 is 1.59 bits per heavy atom. The Kier molecular flexibility index (Phi) is 8.92. The van der Waals surface area contributed by atoms with E-state index in [0.717, 1.165) is 16.7 Å². The third-order valence-electron chi connectivity index (χ3n) is 9.92. The highest BCUT2D eigenvalue weighted by Gasteiger charge is 2.65. The molecule has 0 spiro atoms. The number of aromatic nitrogens is 4. The molecule has 5 aromatic rings. The van der Waals surface area contributed by atoms with Crippen LogP contribution in [0.15, 0.2) is 113 Å². The van der Waals surface area contributed by atoms with Gasteiger partial charge in [-0.25, -0.2) is 14.8 Å². The van der Waals surface area contributed by atoms with Crippen LogP contribution in [-0.4, -0.2) is 69.6 Å². The average molecular weight is 692 g/mol. The van der Waals surface area contributed by atoms with E-state index < -0.39 is 46.6 Å². The first kappa shape index (κ1) is 33.7. The summed E-state index contributed by atoms with van der Waals surface area (Å²) in [7, 11) is 3.20. The fourth-order valence-electron chi connectivity index (χ4n) is 7.50. The fraction of sp³-hybridized carbons (Fsp3) is 0.289. The highest BCUT2D eigenvalue weighted by Crippen LogP contribution is 2.54. The van der Waals surface area contributed by atoms with Crippen LogP contribution in [0.1, 0.15) is 34.9 Å². The summed E-state index contributed by atoms with van der Waals surface area (Å²) in [6, 6.07) is 26.0. The summed E-state index contributed by atoms with van der Waals surface area (Å²) >= 11 is 0. The summed E-state index contributed by atoms with van der Waals surface area (Å²) in [6.07, 6.45) is 3.19. The van der Waals surface area contributed by atoms with Gasteiger partial charge in [0.2, 0.25) is 0 Å². The number of morpholine rings is 1. The minimum atomic E-state index is -1.26. The number of carbonyl (C=O) groups is 1. The number of H-pyrrole nitrogens is 1. The topological polar surface area (TPSA) is 158 Å². The predicted octanol–water partition coefficient (Wildman–Crippen LogP) is 3.91. The number of nitrogens with one attached hydrogen (secondary N) is 1. The number of nitrogens with zero attached hydrogens (tertiary/aromatic N) is 4. The summed E-state index contributed by atoms with van der Waals surface area (Å²) < 4.78 is 26.5. The average Bonchev–Trinajstić information content (AvgIpc) is 3.62. The number of carboxylic acids is 1. The molecule has 2 aliphatic rings. The molecule has 13 nitrogen and oxygen atoms in total. The van der Waals surface area contributed by atoms with Crippen molar-refractivity contribution in [2.24, 2.45) is 5.92 Å². The van der Waals surface area contributed by atoms with Crippen LogP contribution in [0.4, 0.5) is 5.82 Å². The molecule has 2 fully saturated rings. The molecule has 262 valence electrons. The SMILES string of the molecule is COc1ccc(C(OC[C@@]23CN(c4ccncn4)[C@@H]([C@H](n4cc(C)c(=O)[nH]c4=O)O2)[C@@H]3CC(=O)O)(c2ccccc2)c2ccc(OC)cc2)cc1. The van der Waals surface area contributed by atoms with Crippen molar-refractivity contribution in [1.82, 2.24) is 19.5 Å². The molecule has 2 bridgehead atoms. The lowest BCUT2D eigenvalue weighted by Gasteiger charge is -2.42. The Hall–Kier alpha value is -5.79. The van der Waals surface area contributed by atoms with Gasteiger partial charge in [-0.1, -0.05) is 54.6 Å². The molecule has 13 heteroatoms. The Morgan fingerprint density at radius 3 is 2.16 bits per heavy atom. The zero-order valence-electron chi connectivity index (χ0n) is 28.3. The summed E-state index contributed by atoms with van der Waals surface area (Å²) in [6.45, 7) is 1.70. The first-order valence-electron chi connectivity index (χ1n) is 16.4. The Labute approximate surface area is 293 Å². The van der Waals surface area contributed by atoms with E-state index in [1.165, 1.54) is 17.1 Å². The largest absolute Gasteiger partial charge is 0.497 e. The van der Waals surface area contributed by atoms with Gasteiger partial charge < -0.3 is 29.0 Å². The van der Waals surface area contributed by atoms with E-state index in [9.17, 15) is 19.5 Å². The standard InChI is InChI=1S/C38H37N5O8/c1-24-20-42(36(47)41-34(24)46)35-33-30(19-32(44)45)37(51-35,21-43(33)31-17-18-39-23-40-31)22-50-38(25-7-5-4-6-8-25,26-9-13-28(48-2)14-10-26)27-11-15-29(49-3)16-12-27/h4-18,20,23,30,33,35H,19,21-22H2,1-3H3,(H,44,45)(H,41,46,47)/t30-,33+,35+,37+/m0/s1. The van der Waals surface area contributed by atoms with Crippen molar-refractivity contribution in [1.29, 1.82) is 0 Å². The fourth-order valence-corrected chi connectivity index (χ4v) is 7.50. The number of carboxylic acid groups (broad SMARTS) is 1. The van der Waals surface area contributed by atoms with Gasteiger partial charge in [0.25, 0.3) is 5.56 Å². The maximum absolute atomic E-state index is 13.3. The number of hydrogen-bond donors (Lipinski definition) is 2. The molecule has 0 unspecified atom stereocenters. The van der Waals surface area contributed by atoms with Crippen LogP contribution in [0.25, 0.3) is 0 Å². The van der Waals surface area contributed by atoms with Crippen molar-refractivity contribution in [2.75, 3.05) is 32.3 Å². The minimum Gasteiger partial charge on any atom is -0.497 e. The molecule has 2 aromatic heterocycles. The Balaban J connectivity index is 1.41. The van der Waals surface area contributed by atoms with Crippen LogP contribution in [0.3, 0.4) is 0 Å². The van der Waals surface area contributed by atoms with E-state index in [1.54, 1.807) is 33.4 Å². The van der Waals surface area contributed by atoms with Gasteiger partial charge in [0, 0.05) is 23.9 Å². The zero-order valence-corrected chi connectivity index (χ0v) is 28.3. The van der Waals surface area contributed by atoms with Gasteiger partial charge in [-0.2, -0.15) is 0 Å². The quantitative estimate of drug-likeness (QED) is 0.183. The molecule has 51 heavy (non-hydrogen) atoms. The van der Waals surface area contributed by atoms with Gasteiger partial charge in [-0.05, 0) is 53.9 Å². The first-order valence-corrected chi connectivity index (χ1v) is 16.4. The first-order chi connectivity index (χ1) is 24.7. The van der Waals surface area contributed by atoms with Gasteiger partial charge in [-0.3, -0.25) is 19.1 Å². The van der Waals surface area contributed by atoms with Crippen LogP contribution in [0.5, 0.6) is 11.5 Å². The van der Waals surface area contributed by atoms with Gasteiger partial charge in [-0.15, -0.1) is 0 Å². The molecule has 7 rings (SSSR count). The number of aromatic amines is 1. The van der Waals surface area contributed by atoms with E-state index >= 15 is 0 Å². The molecule has 0 aliphatic carbocycles. The normalized spacial score (nSPS) is 21.1. The van der Waals surface area contributed by atoms with Gasteiger partial charge >= 0.3 is 11.7 Å². The van der Waals surface area contributed by atoms with Crippen molar-refractivity contribution in [3.8, 4) is 11.5 Å². The van der Waals surface area contributed by atoms with E-state index in [2.05, 4.69) is 15.0 Å². The summed E-state index contributed by atoms with van der Waals surface area (Å²) in [4.78, 5) is 51.1. The highest BCUT2D eigenvalue weighted by molar-refractivity contribution is 5.68. The number of hydrogen-bond acceptors (Lipinski definition) is 10. The number of anilines is 1. The van der Waals surface area contributed by atoms with E-state index in [-0.39, 0.29) is 19.6 Å². The number of fused-ring (bicyclic) bond motifs is 2. The second-order valence-electron chi connectivity index (χ2n) is 12.7. The van der Waals surface area contributed by atoms with Crippen molar-refractivity contribution >= 4 is 11.8 Å². The molecule has 2 aliphatic heterocycles. The van der Waals surface area contributed by atoms with Crippen LogP contribution in [0, 0.1) is 12.8 Å². The Morgan fingerprint density at radius 1 is 0.961 bits per heavy atom. The molecule has 0 radical (unpaired) electrons. The Bertz CT molecular complexity index is 2080.